The van der Waals surface area contributed by atoms with E-state index in [1.54, 1.807) is 0 Å². The molecule has 203 valence electrons. The minimum Gasteiger partial charge on any atom is -0.494 e. The van der Waals surface area contributed by atoms with Gasteiger partial charge in [-0.05, 0) is 49.2 Å². The molecule has 0 aromatic heterocycles. The lowest BCUT2D eigenvalue weighted by Gasteiger charge is -2.44. The first-order valence-corrected chi connectivity index (χ1v) is 14.6. The molecule has 0 aliphatic carbocycles. The van der Waals surface area contributed by atoms with Crippen molar-refractivity contribution in [2.24, 2.45) is 0 Å². The third kappa shape index (κ3) is 8.54. The summed E-state index contributed by atoms with van der Waals surface area (Å²) in [4.78, 5) is 7.52. The van der Waals surface area contributed by atoms with Gasteiger partial charge in [0.25, 0.3) is 0 Å². The van der Waals surface area contributed by atoms with Crippen LogP contribution in [-0.2, 0) is 0 Å². The summed E-state index contributed by atoms with van der Waals surface area (Å²) < 4.78 is 11.9. The molecule has 0 amide bonds. The van der Waals surface area contributed by atoms with Gasteiger partial charge in [0.1, 0.15) is 11.5 Å². The minimum absolute atomic E-state index is 0.258. The van der Waals surface area contributed by atoms with Gasteiger partial charge in [0, 0.05) is 63.3 Å². The van der Waals surface area contributed by atoms with Gasteiger partial charge in [0.15, 0.2) is 0 Å². The van der Waals surface area contributed by atoms with Crippen molar-refractivity contribution < 1.29 is 9.47 Å². The number of unbranched alkanes of at least 4 members (excludes halogenated alkanes) is 5. The van der Waals surface area contributed by atoms with Crippen molar-refractivity contribution in [2.75, 3.05) is 68.8 Å². The zero-order valence-electron chi connectivity index (χ0n) is 23.1. The van der Waals surface area contributed by atoms with Crippen LogP contribution in [0.3, 0.4) is 0 Å². The van der Waals surface area contributed by atoms with E-state index in [1.807, 2.05) is 0 Å². The van der Waals surface area contributed by atoms with Gasteiger partial charge in [0.05, 0.1) is 19.4 Å². The molecular weight excluding hydrogens is 460 g/mol. The van der Waals surface area contributed by atoms with Gasteiger partial charge in [-0.1, -0.05) is 52.0 Å². The molecule has 37 heavy (non-hydrogen) atoms. The molecule has 0 bridgehead atoms. The summed E-state index contributed by atoms with van der Waals surface area (Å²) >= 11 is 0. The first-order valence-electron chi connectivity index (χ1n) is 14.6. The van der Waals surface area contributed by atoms with E-state index < -0.39 is 0 Å². The Bertz CT molecular complexity index is 898. The van der Waals surface area contributed by atoms with Crippen molar-refractivity contribution in [1.82, 2.24) is 10.2 Å². The van der Waals surface area contributed by atoms with Crippen LogP contribution in [0.5, 0.6) is 11.5 Å². The SMILES string of the molecule is CCCCCCOc1ccc(N2CCN(C3CN(c4cccc(OCCCCC)c4)CC[N]3)CC2)cc1. The van der Waals surface area contributed by atoms with Crippen LogP contribution in [0.4, 0.5) is 11.4 Å². The summed E-state index contributed by atoms with van der Waals surface area (Å²) in [5.41, 5.74) is 2.54. The fourth-order valence-corrected chi connectivity index (χ4v) is 5.20. The predicted octanol–water partition coefficient (Wildman–Crippen LogP) is 5.79. The van der Waals surface area contributed by atoms with Crippen LogP contribution < -0.4 is 24.6 Å². The highest BCUT2D eigenvalue weighted by Gasteiger charge is 2.29. The molecule has 2 heterocycles. The van der Waals surface area contributed by atoms with Gasteiger partial charge in [0.2, 0.25) is 0 Å². The van der Waals surface area contributed by atoms with Crippen molar-refractivity contribution >= 4 is 11.4 Å². The third-order valence-electron chi connectivity index (χ3n) is 7.50. The van der Waals surface area contributed by atoms with Gasteiger partial charge < -0.3 is 19.3 Å². The maximum absolute atomic E-state index is 6.00. The van der Waals surface area contributed by atoms with Crippen molar-refractivity contribution in [3.05, 3.63) is 48.5 Å². The van der Waals surface area contributed by atoms with E-state index in [0.717, 1.165) is 83.4 Å². The van der Waals surface area contributed by atoms with Gasteiger partial charge in [-0.25, -0.2) is 5.32 Å². The molecule has 0 saturated carbocycles. The highest BCUT2D eigenvalue weighted by molar-refractivity contribution is 5.52. The molecular formula is C31H47N4O2. The average molecular weight is 508 g/mol. The largest absolute Gasteiger partial charge is 0.494 e. The van der Waals surface area contributed by atoms with Crippen molar-refractivity contribution in [2.45, 2.75) is 65.0 Å². The maximum Gasteiger partial charge on any atom is 0.121 e. The van der Waals surface area contributed by atoms with Crippen LogP contribution in [0.1, 0.15) is 58.8 Å². The Balaban J connectivity index is 1.22. The van der Waals surface area contributed by atoms with E-state index in [1.165, 1.54) is 43.5 Å². The number of rotatable bonds is 14. The number of hydrogen-bond acceptors (Lipinski definition) is 5. The highest BCUT2D eigenvalue weighted by Crippen LogP contribution is 2.25. The molecule has 2 fully saturated rings. The Hall–Kier alpha value is -2.44. The van der Waals surface area contributed by atoms with E-state index in [4.69, 9.17) is 14.8 Å². The lowest BCUT2D eigenvalue weighted by atomic mass is 10.2. The van der Waals surface area contributed by atoms with E-state index >= 15 is 0 Å². The number of nitrogens with zero attached hydrogens (tertiary/aromatic N) is 4. The Kier molecular flexibility index (Phi) is 11.3. The maximum atomic E-state index is 6.00. The fraction of sp³-hybridized carbons (Fsp3) is 0.613. The standard InChI is InChI=1S/C31H47N4O2/c1-3-5-7-9-24-36-29-15-13-27(14-16-29)33-19-21-34(22-20-33)31-26-35(18-17-32-31)28-11-10-12-30(25-28)37-23-8-6-4-2/h10-16,25,31H,3-9,17-24,26H2,1-2H3. The number of piperazine rings is 2. The highest BCUT2D eigenvalue weighted by atomic mass is 16.5. The monoisotopic (exact) mass is 507 g/mol. The van der Waals surface area contributed by atoms with Crippen molar-refractivity contribution in [3.63, 3.8) is 0 Å². The number of hydrogen-bond donors (Lipinski definition) is 0. The van der Waals surface area contributed by atoms with Crippen LogP contribution in [0.15, 0.2) is 48.5 Å². The van der Waals surface area contributed by atoms with Crippen LogP contribution in [0, 0.1) is 0 Å². The second kappa shape index (κ2) is 15.1. The van der Waals surface area contributed by atoms with E-state index in [0.29, 0.717) is 0 Å². The predicted molar refractivity (Wildman–Crippen MR) is 154 cm³/mol. The van der Waals surface area contributed by atoms with E-state index in [-0.39, 0.29) is 6.17 Å². The van der Waals surface area contributed by atoms with Crippen LogP contribution in [0.2, 0.25) is 0 Å². The third-order valence-corrected chi connectivity index (χ3v) is 7.50. The van der Waals surface area contributed by atoms with Gasteiger partial charge in [-0.3, -0.25) is 4.90 Å². The lowest BCUT2D eigenvalue weighted by molar-refractivity contribution is 0.145. The first-order chi connectivity index (χ1) is 18.3. The summed E-state index contributed by atoms with van der Waals surface area (Å²) in [5.74, 6) is 1.96. The molecule has 2 aliphatic heterocycles. The molecule has 2 aliphatic rings. The van der Waals surface area contributed by atoms with E-state index in [9.17, 15) is 0 Å². The normalized spacial score (nSPS) is 18.7. The molecule has 1 unspecified atom stereocenters. The molecule has 2 aromatic carbocycles. The summed E-state index contributed by atoms with van der Waals surface area (Å²) in [6.45, 7) is 13.0. The van der Waals surface area contributed by atoms with Crippen LogP contribution in [-0.4, -0.2) is 70.1 Å². The summed E-state index contributed by atoms with van der Waals surface area (Å²) in [7, 11) is 0. The Morgan fingerprint density at radius 2 is 1.41 bits per heavy atom. The summed E-state index contributed by atoms with van der Waals surface area (Å²) in [5, 5.41) is 5.00. The summed E-state index contributed by atoms with van der Waals surface area (Å²) in [6.07, 6.45) is 8.77. The topological polar surface area (TPSA) is 42.3 Å². The Morgan fingerprint density at radius 3 is 2.16 bits per heavy atom. The van der Waals surface area contributed by atoms with Crippen LogP contribution in [0.25, 0.3) is 0 Å². The number of anilines is 2. The van der Waals surface area contributed by atoms with Crippen molar-refractivity contribution in [3.8, 4) is 11.5 Å². The number of ether oxygens (including phenoxy) is 2. The fourth-order valence-electron chi connectivity index (χ4n) is 5.20. The summed E-state index contributed by atoms with van der Waals surface area (Å²) in [6, 6.07) is 17.3. The quantitative estimate of drug-likeness (QED) is 0.303. The van der Waals surface area contributed by atoms with Gasteiger partial charge in [-0.15, -0.1) is 0 Å². The zero-order chi connectivity index (χ0) is 25.7. The molecule has 0 N–H and O–H groups in total. The van der Waals surface area contributed by atoms with Crippen LogP contribution >= 0.6 is 0 Å². The lowest BCUT2D eigenvalue weighted by Crippen LogP contribution is -2.60. The molecule has 0 spiro atoms. The second-order valence-electron chi connectivity index (χ2n) is 10.3. The Labute approximate surface area is 224 Å². The second-order valence-corrected chi connectivity index (χ2v) is 10.3. The first kappa shape index (κ1) is 27.6. The molecule has 2 aromatic rings. The molecule has 4 rings (SSSR count). The molecule has 1 radical (unpaired) electrons. The molecule has 6 heteroatoms. The van der Waals surface area contributed by atoms with Crippen molar-refractivity contribution in [1.29, 1.82) is 0 Å². The van der Waals surface area contributed by atoms with E-state index in [2.05, 4.69) is 77.1 Å². The number of benzene rings is 2. The average Bonchev–Trinajstić information content (AvgIpc) is 2.96. The molecule has 6 nitrogen and oxygen atoms in total. The smallest absolute Gasteiger partial charge is 0.121 e. The van der Waals surface area contributed by atoms with Gasteiger partial charge in [-0.2, -0.15) is 0 Å². The molecule has 2 saturated heterocycles. The zero-order valence-corrected chi connectivity index (χ0v) is 23.1. The Morgan fingerprint density at radius 1 is 0.703 bits per heavy atom. The minimum atomic E-state index is 0.258. The van der Waals surface area contributed by atoms with Gasteiger partial charge >= 0.3 is 0 Å². The molecule has 1 atom stereocenters.